The second kappa shape index (κ2) is 7.15. The third-order valence-corrected chi connectivity index (χ3v) is 4.01. The monoisotopic (exact) mass is 302 g/mol. The van der Waals surface area contributed by atoms with E-state index in [0.717, 1.165) is 11.3 Å². The van der Waals surface area contributed by atoms with Crippen molar-refractivity contribution in [3.8, 4) is 5.75 Å². The molecule has 3 aromatic rings. The van der Waals surface area contributed by atoms with Crippen molar-refractivity contribution >= 4 is 0 Å². The van der Waals surface area contributed by atoms with Gasteiger partial charge in [0.25, 0.3) is 0 Å². The Kier molecular flexibility index (Phi) is 4.77. The topological polar surface area (TPSA) is 9.23 Å². The molecule has 0 spiro atoms. The van der Waals surface area contributed by atoms with E-state index in [-0.39, 0.29) is 6.10 Å². The maximum Gasteiger partial charge on any atom is 0.149 e. The van der Waals surface area contributed by atoms with Crippen molar-refractivity contribution in [3.05, 3.63) is 102 Å². The molecule has 0 amide bonds. The molecule has 3 aromatic carbocycles. The highest BCUT2D eigenvalue weighted by Gasteiger charge is 2.16. The fraction of sp³-hybridized carbons (Fsp3) is 0.182. The number of hydrogen-bond acceptors (Lipinski definition) is 1. The Morgan fingerprint density at radius 2 is 1.04 bits per heavy atom. The molecule has 116 valence electrons. The predicted molar refractivity (Wildman–Crippen MR) is 95.9 cm³/mol. The van der Waals surface area contributed by atoms with Gasteiger partial charge in [0.2, 0.25) is 0 Å². The van der Waals surface area contributed by atoms with Crippen molar-refractivity contribution in [2.24, 2.45) is 0 Å². The molecule has 0 bridgehead atoms. The van der Waals surface area contributed by atoms with Gasteiger partial charge >= 0.3 is 0 Å². The van der Waals surface area contributed by atoms with E-state index in [1.54, 1.807) is 0 Å². The zero-order valence-corrected chi connectivity index (χ0v) is 13.6. The maximum atomic E-state index is 6.29. The summed E-state index contributed by atoms with van der Waals surface area (Å²) in [7, 11) is 0. The summed E-state index contributed by atoms with van der Waals surface area (Å²) in [6.07, 6.45) is -0.0974. The van der Waals surface area contributed by atoms with Crippen LogP contribution in [0.15, 0.2) is 84.9 Å². The van der Waals surface area contributed by atoms with E-state index in [0.29, 0.717) is 5.92 Å². The molecule has 0 aliphatic carbocycles. The van der Waals surface area contributed by atoms with E-state index in [2.05, 4.69) is 62.4 Å². The molecule has 1 heteroatoms. The average molecular weight is 302 g/mol. The van der Waals surface area contributed by atoms with Gasteiger partial charge in [0, 0.05) is 0 Å². The van der Waals surface area contributed by atoms with Crippen LogP contribution in [-0.4, -0.2) is 0 Å². The molecular formula is C22H22O. The summed E-state index contributed by atoms with van der Waals surface area (Å²) in [4.78, 5) is 0. The summed E-state index contributed by atoms with van der Waals surface area (Å²) >= 11 is 0. The molecule has 0 aliphatic rings. The molecule has 0 N–H and O–H groups in total. The van der Waals surface area contributed by atoms with Crippen molar-refractivity contribution in [1.29, 1.82) is 0 Å². The van der Waals surface area contributed by atoms with Gasteiger partial charge in [-0.05, 0) is 34.7 Å². The highest BCUT2D eigenvalue weighted by molar-refractivity contribution is 5.35. The number of para-hydroxylation sites is 1. The van der Waals surface area contributed by atoms with Crippen molar-refractivity contribution in [2.45, 2.75) is 25.9 Å². The first kappa shape index (κ1) is 15.4. The van der Waals surface area contributed by atoms with Gasteiger partial charge in [-0.15, -0.1) is 0 Å². The Morgan fingerprint density at radius 1 is 0.565 bits per heavy atom. The lowest BCUT2D eigenvalue weighted by Gasteiger charge is -2.21. The van der Waals surface area contributed by atoms with Gasteiger partial charge < -0.3 is 4.74 Å². The lowest BCUT2D eigenvalue weighted by atomic mass is 9.97. The molecule has 0 aromatic heterocycles. The van der Waals surface area contributed by atoms with E-state index < -0.39 is 0 Å². The van der Waals surface area contributed by atoms with Crippen LogP contribution in [0.1, 0.15) is 42.6 Å². The molecule has 0 heterocycles. The lowest BCUT2D eigenvalue weighted by Crippen LogP contribution is -2.09. The smallest absolute Gasteiger partial charge is 0.149 e. The number of ether oxygens (including phenoxy) is 1. The van der Waals surface area contributed by atoms with Gasteiger partial charge in [0.1, 0.15) is 11.9 Å². The Balaban J connectivity index is 1.94. The Morgan fingerprint density at radius 3 is 1.61 bits per heavy atom. The van der Waals surface area contributed by atoms with Crippen molar-refractivity contribution in [3.63, 3.8) is 0 Å². The minimum absolute atomic E-state index is 0.0974. The third kappa shape index (κ3) is 3.81. The minimum Gasteiger partial charge on any atom is -0.481 e. The van der Waals surface area contributed by atoms with E-state index in [1.807, 2.05) is 36.4 Å². The van der Waals surface area contributed by atoms with Crippen LogP contribution in [0, 0.1) is 0 Å². The van der Waals surface area contributed by atoms with Crippen LogP contribution < -0.4 is 4.74 Å². The first-order chi connectivity index (χ1) is 11.2. The molecule has 23 heavy (non-hydrogen) atoms. The average Bonchev–Trinajstić information content (AvgIpc) is 2.61. The quantitative estimate of drug-likeness (QED) is 0.563. The Bertz CT molecular complexity index is 715. The summed E-state index contributed by atoms with van der Waals surface area (Å²) in [5, 5.41) is 0. The van der Waals surface area contributed by atoms with Crippen molar-refractivity contribution in [2.75, 3.05) is 0 Å². The third-order valence-electron chi connectivity index (χ3n) is 4.01. The highest BCUT2D eigenvalue weighted by Crippen LogP contribution is 2.29. The van der Waals surface area contributed by atoms with Crippen LogP contribution in [0.4, 0.5) is 0 Å². The first-order valence-corrected chi connectivity index (χ1v) is 8.10. The molecule has 0 saturated heterocycles. The number of hydrogen-bond donors (Lipinski definition) is 0. The van der Waals surface area contributed by atoms with Crippen LogP contribution in [-0.2, 0) is 0 Å². The Hall–Kier alpha value is -2.54. The largest absolute Gasteiger partial charge is 0.481 e. The SMILES string of the molecule is CC(C)c1ccc(C(Oc2ccccc2)c2ccccc2)cc1. The van der Waals surface area contributed by atoms with Gasteiger partial charge in [-0.2, -0.15) is 0 Å². The summed E-state index contributed by atoms with van der Waals surface area (Å²) in [6, 6.07) is 29.1. The molecule has 0 aliphatic heterocycles. The molecule has 1 nitrogen and oxygen atoms in total. The van der Waals surface area contributed by atoms with Crippen molar-refractivity contribution in [1.82, 2.24) is 0 Å². The predicted octanol–water partition coefficient (Wildman–Crippen LogP) is 5.98. The van der Waals surface area contributed by atoms with Crippen LogP contribution in [0.25, 0.3) is 0 Å². The van der Waals surface area contributed by atoms with E-state index in [1.165, 1.54) is 11.1 Å². The van der Waals surface area contributed by atoms with Gasteiger partial charge in [0.05, 0.1) is 0 Å². The maximum absolute atomic E-state index is 6.29. The van der Waals surface area contributed by atoms with Crippen LogP contribution >= 0.6 is 0 Å². The van der Waals surface area contributed by atoms with Crippen LogP contribution in [0.3, 0.4) is 0 Å². The Labute approximate surface area is 138 Å². The van der Waals surface area contributed by atoms with E-state index in [9.17, 15) is 0 Å². The summed E-state index contributed by atoms with van der Waals surface area (Å²) in [5.41, 5.74) is 3.68. The summed E-state index contributed by atoms with van der Waals surface area (Å²) in [6.45, 7) is 4.42. The molecule has 0 fully saturated rings. The zero-order valence-electron chi connectivity index (χ0n) is 13.6. The van der Waals surface area contributed by atoms with E-state index >= 15 is 0 Å². The fourth-order valence-corrected chi connectivity index (χ4v) is 2.65. The highest BCUT2D eigenvalue weighted by atomic mass is 16.5. The molecule has 0 radical (unpaired) electrons. The van der Waals surface area contributed by atoms with Gasteiger partial charge in [-0.1, -0.05) is 86.6 Å². The van der Waals surface area contributed by atoms with Crippen LogP contribution in [0.5, 0.6) is 5.75 Å². The first-order valence-electron chi connectivity index (χ1n) is 8.10. The van der Waals surface area contributed by atoms with Gasteiger partial charge in [-0.25, -0.2) is 0 Å². The molecule has 3 rings (SSSR count). The zero-order chi connectivity index (χ0) is 16.1. The minimum atomic E-state index is -0.0974. The summed E-state index contributed by atoms with van der Waals surface area (Å²) in [5.74, 6) is 1.42. The second-order valence-corrected chi connectivity index (χ2v) is 6.04. The van der Waals surface area contributed by atoms with Gasteiger partial charge in [-0.3, -0.25) is 0 Å². The normalized spacial score (nSPS) is 12.1. The standard InChI is InChI=1S/C22H22O/c1-17(2)18-13-15-20(16-14-18)22(19-9-5-3-6-10-19)23-21-11-7-4-8-12-21/h3-17,22H,1-2H3. The van der Waals surface area contributed by atoms with Gasteiger partial charge in [0.15, 0.2) is 0 Å². The molecular weight excluding hydrogens is 280 g/mol. The lowest BCUT2D eigenvalue weighted by molar-refractivity contribution is 0.247. The molecule has 1 unspecified atom stereocenters. The number of benzene rings is 3. The summed E-state index contributed by atoms with van der Waals surface area (Å²) < 4.78 is 6.29. The fourth-order valence-electron chi connectivity index (χ4n) is 2.65. The number of rotatable bonds is 5. The molecule has 0 saturated carbocycles. The van der Waals surface area contributed by atoms with Crippen LogP contribution in [0.2, 0.25) is 0 Å². The molecule has 1 atom stereocenters. The van der Waals surface area contributed by atoms with Crippen molar-refractivity contribution < 1.29 is 4.74 Å². The van der Waals surface area contributed by atoms with E-state index in [4.69, 9.17) is 4.74 Å². The second-order valence-electron chi connectivity index (χ2n) is 6.04.